The molecule has 0 amide bonds. The summed E-state index contributed by atoms with van der Waals surface area (Å²) in [5.74, 6) is 0. The van der Waals surface area contributed by atoms with Crippen molar-refractivity contribution in [1.29, 1.82) is 0 Å². The van der Waals surface area contributed by atoms with Crippen molar-refractivity contribution in [2.24, 2.45) is 5.73 Å². The standard InChI is InChI=1S/C8H11ClN2O2S.ClH/c1-14(12,13)11-8-3-2-7(9)4-6(8)5-10;/h2-4,11H,5,10H2,1H3;1H. The van der Waals surface area contributed by atoms with Crippen molar-refractivity contribution in [2.45, 2.75) is 6.54 Å². The van der Waals surface area contributed by atoms with E-state index in [0.29, 0.717) is 16.3 Å². The Hall–Kier alpha value is -0.490. The molecule has 0 radical (unpaired) electrons. The number of sulfonamides is 1. The van der Waals surface area contributed by atoms with Crippen molar-refractivity contribution >= 4 is 39.7 Å². The Morgan fingerprint density at radius 2 is 2.07 bits per heavy atom. The van der Waals surface area contributed by atoms with E-state index in [0.717, 1.165) is 6.26 Å². The Morgan fingerprint density at radius 3 is 2.53 bits per heavy atom. The van der Waals surface area contributed by atoms with Crippen molar-refractivity contribution in [2.75, 3.05) is 11.0 Å². The second-order valence-electron chi connectivity index (χ2n) is 2.88. The fourth-order valence-electron chi connectivity index (χ4n) is 1.03. The first-order valence-corrected chi connectivity index (χ1v) is 6.15. The lowest BCUT2D eigenvalue weighted by atomic mass is 10.2. The largest absolute Gasteiger partial charge is 0.326 e. The number of hydrogen-bond acceptors (Lipinski definition) is 3. The van der Waals surface area contributed by atoms with Crippen LogP contribution in [0, 0.1) is 0 Å². The zero-order chi connectivity index (χ0) is 10.8. The molecule has 0 aliphatic carbocycles. The maximum Gasteiger partial charge on any atom is 0.229 e. The van der Waals surface area contributed by atoms with Crippen LogP contribution in [0.15, 0.2) is 18.2 Å². The monoisotopic (exact) mass is 270 g/mol. The Morgan fingerprint density at radius 1 is 1.47 bits per heavy atom. The second-order valence-corrected chi connectivity index (χ2v) is 5.06. The molecule has 0 aliphatic heterocycles. The summed E-state index contributed by atoms with van der Waals surface area (Å²) in [6.07, 6.45) is 1.09. The molecule has 0 heterocycles. The van der Waals surface area contributed by atoms with Crippen molar-refractivity contribution in [3.8, 4) is 0 Å². The lowest BCUT2D eigenvalue weighted by Crippen LogP contribution is -2.12. The first-order valence-electron chi connectivity index (χ1n) is 3.88. The number of anilines is 1. The van der Waals surface area contributed by atoms with Gasteiger partial charge in [-0.05, 0) is 23.8 Å². The number of nitrogens with one attached hydrogen (secondary N) is 1. The van der Waals surface area contributed by atoms with Gasteiger partial charge in [-0.1, -0.05) is 11.6 Å². The Kier molecular flexibility index (Phi) is 5.37. The highest BCUT2D eigenvalue weighted by molar-refractivity contribution is 7.92. The predicted octanol–water partition coefficient (Wildman–Crippen LogP) is 1.59. The average Bonchev–Trinajstić information content (AvgIpc) is 2.06. The predicted molar refractivity (Wildman–Crippen MR) is 65.1 cm³/mol. The minimum absolute atomic E-state index is 0. The molecule has 15 heavy (non-hydrogen) atoms. The third kappa shape index (κ3) is 4.70. The molecule has 4 nitrogen and oxygen atoms in total. The van der Waals surface area contributed by atoms with Crippen LogP contribution in [-0.2, 0) is 16.6 Å². The third-order valence-corrected chi connectivity index (χ3v) is 2.41. The van der Waals surface area contributed by atoms with Crippen molar-refractivity contribution in [1.82, 2.24) is 0 Å². The molecule has 1 aromatic carbocycles. The van der Waals surface area contributed by atoms with Crippen LogP contribution < -0.4 is 10.5 Å². The van der Waals surface area contributed by atoms with Gasteiger partial charge >= 0.3 is 0 Å². The molecule has 0 unspecified atom stereocenters. The SMILES string of the molecule is CS(=O)(=O)Nc1ccc(Cl)cc1CN.Cl. The highest BCUT2D eigenvalue weighted by Crippen LogP contribution is 2.20. The average molecular weight is 271 g/mol. The van der Waals surface area contributed by atoms with Crippen LogP contribution >= 0.6 is 24.0 Å². The minimum Gasteiger partial charge on any atom is -0.326 e. The number of hydrogen-bond donors (Lipinski definition) is 2. The lowest BCUT2D eigenvalue weighted by molar-refractivity contribution is 0.606. The summed E-state index contributed by atoms with van der Waals surface area (Å²) >= 11 is 5.73. The van der Waals surface area contributed by atoms with Gasteiger partial charge < -0.3 is 5.73 Å². The van der Waals surface area contributed by atoms with E-state index in [1.54, 1.807) is 18.2 Å². The lowest BCUT2D eigenvalue weighted by Gasteiger charge is -2.09. The summed E-state index contributed by atoms with van der Waals surface area (Å²) in [7, 11) is -3.27. The normalized spacial score (nSPS) is 10.6. The Labute approximate surface area is 100 Å². The van der Waals surface area contributed by atoms with Crippen LogP contribution in [0.25, 0.3) is 0 Å². The molecule has 0 bridgehead atoms. The van der Waals surface area contributed by atoms with Gasteiger partial charge in [0.1, 0.15) is 0 Å². The van der Waals surface area contributed by atoms with Crippen LogP contribution in [0.2, 0.25) is 5.02 Å². The maximum absolute atomic E-state index is 11.0. The van der Waals surface area contributed by atoms with Gasteiger partial charge in [-0.2, -0.15) is 0 Å². The van der Waals surface area contributed by atoms with Gasteiger partial charge in [0.15, 0.2) is 0 Å². The fourth-order valence-corrected chi connectivity index (χ4v) is 1.82. The zero-order valence-electron chi connectivity index (χ0n) is 8.03. The maximum atomic E-state index is 11.0. The highest BCUT2D eigenvalue weighted by atomic mass is 35.5. The number of benzene rings is 1. The first kappa shape index (κ1) is 14.5. The fraction of sp³-hybridized carbons (Fsp3) is 0.250. The second kappa shape index (κ2) is 5.55. The van der Waals surface area contributed by atoms with E-state index >= 15 is 0 Å². The van der Waals surface area contributed by atoms with E-state index in [9.17, 15) is 8.42 Å². The zero-order valence-corrected chi connectivity index (χ0v) is 10.4. The van der Waals surface area contributed by atoms with Gasteiger partial charge in [0.25, 0.3) is 0 Å². The highest BCUT2D eigenvalue weighted by Gasteiger charge is 2.06. The minimum atomic E-state index is -3.27. The molecule has 1 aromatic rings. The number of nitrogens with two attached hydrogens (primary N) is 1. The molecule has 0 atom stereocenters. The van der Waals surface area contributed by atoms with Crippen molar-refractivity contribution < 1.29 is 8.42 Å². The van der Waals surface area contributed by atoms with E-state index in [1.165, 1.54) is 0 Å². The van der Waals surface area contributed by atoms with Gasteiger partial charge in [0.05, 0.1) is 11.9 Å². The summed E-state index contributed by atoms with van der Waals surface area (Å²) in [5.41, 5.74) is 6.59. The summed E-state index contributed by atoms with van der Waals surface area (Å²) in [6, 6.07) is 4.83. The van der Waals surface area contributed by atoms with E-state index in [-0.39, 0.29) is 19.0 Å². The molecule has 0 aliphatic rings. The van der Waals surface area contributed by atoms with Gasteiger partial charge in [-0.15, -0.1) is 12.4 Å². The van der Waals surface area contributed by atoms with Gasteiger partial charge in [-0.3, -0.25) is 4.72 Å². The van der Waals surface area contributed by atoms with Crippen LogP contribution in [0.5, 0.6) is 0 Å². The molecule has 0 fully saturated rings. The van der Waals surface area contributed by atoms with E-state index in [2.05, 4.69) is 4.72 Å². The van der Waals surface area contributed by atoms with Gasteiger partial charge in [-0.25, -0.2) is 8.42 Å². The molecular formula is C8H12Cl2N2O2S. The smallest absolute Gasteiger partial charge is 0.229 e. The van der Waals surface area contributed by atoms with Crippen molar-refractivity contribution in [3.63, 3.8) is 0 Å². The molecule has 86 valence electrons. The van der Waals surface area contributed by atoms with Gasteiger partial charge in [0, 0.05) is 11.6 Å². The summed E-state index contributed by atoms with van der Waals surface area (Å²) in [6.45, 7) is 0.235. The quantitative estimate of drug-likeness (QED) is 0.876. The third-order valence-electron chi connectivity index (χ3n) is 1.58. The van der Waals surface area contributed by atoms with Crippen LogP contribution in [-0.4, -0.2) is 14.7 Å². The number of halogens is 2. The Balaban J connectivity index is 0.00000196. The molecular weight excluding hydrogens is 259 g/mol. The van der Waals surface area contributed by atoms with Crippen LogP contribution in [0.3, 0.4) is 0 Å². The van der Waals surface area contributed by atoms with E-state index in [4.69, 9.17) is 17.3 Å². The Bertz CT molecular complexity index is 434. The van der Waals surface area contributed by atoms with E-state index in [1.807, 2.05) is 0 Å². The first-order chi connectivity index (χ1) is 6.42. The molecule has 3 N–H and O–H groups in total. The molecule has 0 spiro atoms. The summed E-state index contributed by atoms with van der Waals surface area (Å²) in [5, 5.41) is 0.532. The van der Waals surface area contributed by atoms with Crippen LogP contribution in [0.1, 0.15) is 5.56 Å². The van der Waals surface area contributed by atoms with Gasteiger partial charge in [0.2, 0.25) is 10.0 Å². The molecule has 0 saturated heterocycles. The number of rotatable bonds is 3. The van der Waals surface area contributed by atoms with E-state index < -0.39 is 10.0 Å². The molecule has 7 heteroatoms. The van der Waals surface area contributed by atoms with Crippen molar-refractivity contribution in [3.05, 3.63) is 28.8 Å². The van der Waals surface area contributed by atoms with Crippen LogP contribution in [0.4, 0.5) is 5.69 Å². The summed E-state index contributed by atoms with van der Waals surface area (Å²) in [4.78, 5) is 0. The molecule has 0 saturated carbocycles. The topological polar surface area (TPSA) is 72.2 Å². The molecule has 1 rings (SSSR count). The summed E-state index contributed by atoms with van der Waals surface area (Å²) < 4.78 is 24.3. The molecule has 0 aromatic heterocycles.